The lowest BCUT2D eigenvalue weighted by Gasteiger charge is -2.36. The fourth-order valence-corrected chi connectivity index (χ4v) is 1.44. The lowest BCUT2D eigenvalue weighted by Crippen LogP contribution is -2.53. The molecule has 0 radical (unpaired) electrons. The standard InChI is InChI=1S/C7H13N3O4/c1-12-6-4(9-10-8)3-14-7(13-2)5(6)11/h4-7,11H,3H2,1-2H3/t4-,5-,6-,7+/m0/s1. The Bertz CT molecular complexity index is 231. The summed E-state index contributed by atoms with van der Waals surface area (Å²) < 4.78 is 15.0. The fraction of sp³-hybridized carbons (Fsp3) is 1.00. The second-order valence-corrected chi connectivity index (χ2v) is 2.90. The molecule has 0 aromatic heterocycles. The van der Waals surface area contributed by atoms with Crippen LogP contribution in [0, 0.1) is 0 Å². The Morgan fingerprint density at radius 3 is 2.71 bits per heavy atom. The average molecular weight is 203 g/mol. The van der Waals surface area contributed by atoms with E-state index in [0.29, 0.717) is 0 Å². The van der Waals surface area contributed by atoms with Gasteiger partial charge in [0.1, 0.15) is 6.10 Å². The summed E-state index contributed by atoms with van der Waals surface area (Å²) >= 11 is 0. The zero-order chi connectivity index (χ0) is 10.6. The second-order valence-electron chi connectivity index (χ2n) is 2.90. The molecular weight excluding hydrogens is 190 g/mol. The summed E-state index contributed by atoms with van der Waals surface area (Å²) in [5.74, 6) is 0. The lowest BCUT2D eigenvalue weighted by molar-refractivity contribution is -0.242. The van der Waals surface area contributed by atoms with Gasteiger partial charge in [0, 0.05) is 19.1 Å². The number of hydrogen-bond donors (Lipinski definition) is 1. The van der Waals surface area contributed by atoms with Crippen LogP contribution in [0.25, 0.3) is 10.4 Å². The van der Waals surface area contributed by atoms with Crippen LogP contribution in [0.2, 0.25) is 0 Å². The summed E-state index contributed by atoms with van der Waals surface area (Å²) in [5, 5.41) is 13.1. The van der Waals surface area contributed by atoms with Gasteiger partial charge in [-0.1, -0.05) is 5.11 Å². The van der Waals surface area contributed by atoms with E-state index >= 15 is 0 Å². The van der Waals surface area contributed by atoms with Crippen LogP contribution in [0.5, 0.6) is 0 Å². The van der Waals surface area contributed by atoms with Crippen molar-refractivity contribution in [2.24, 2.45) is 5.11 Å². The minimum atomic E-state index is -0.950. The third-order valence-electron chi connectivity index (χ3n) is 2.13. The minimum Gasteiger partial charge on any atom is -0.385 e. The van der Waals surface area contributed by atoms with Crippen LogP contribution >= 0.6 is 0 Å². The monoisotopic (exact) mass is 203 g/mol. The lowest BCUT2D eigenvalue weighted by atomic mass is 10.0. The Balaban J connectivity index is 2.71. The van der Waals surface area contributed by atoms with Crippen LogP contribution in [-0.2, 0) is 14.2 Å². The fourth-order valence-electron chi connectivity index (χ4n) is 1.44. The number of methoxy groups -OCH3 is 2. The van der Waals surface area contributed by atoms with Crippen LogP contribution < -0.4 is 0 Å². The largest absolute Gasteiger partial charge is 0.385 e. The SMILES string of the molecule is CO[C@@H]1OC[C@H](N=[N+]=[N-])[C@H](OC)[C@@H]1O. The topological polar surface area (TPSA) is 96.7 Å². The van der Waals surface area contributed by atoms with Crippen LogP contribution in [0.3, 0.4) is 0 Å². The molecule has 7 nitrogen and oxygen atoms in total. The molecule has 80 valence electrons. The summed E-state index contributed by atoms with van der Waals surface area (Å²) in [5.41, 5.74) is 8.28. The normalized spacial score (nSPS) is 37.6. The van der Waals surface area contributed by atoms with E-state index in [1.165, 1.54) is 14.2 Å². The van der Waals surface area contributed by atoms with Gasteiger partial charge in [-0.3, -0.25) is 0 Å². The molecule has 1 fully saturated rings. The molecule has 0 aromatic rings. The van der Waals surface area contributed by atoms with Crippen LogP contribution in [0.1, 0.15) is 0 Å². The van der Waals surface area contributed by atoms with E-state index in [2.05, 4.69) is 10.0 Å². The Kier molecular flexibility index (Phi) is 4.12. The van der Waals surface area contributed by atoms with Crippen molar-refractivity contribution in [1.82, 2.24) is 0 Å². The zero-order valence-electron chi connectivity index (χ0n) is 8.03. The number of rotatable bonds is 3. The van der Waals surface area contributed by atoms with Gasteiger partial charge < -0.3 is 19.3 Å². The van der Waals surface area contributed by atoms with Crippen molar-refractivity contribution in [1.29, 1.82) is 0 Å². The first-order chi connectivity index (χ1) is 6.74. The number of hydrogen-bond acceptors (Lipinski definition) is 5. The molecule has 1 heterocycles. The Hall–Kier alpha value is -0.850. The maximum atomic E-state index is 9.67. The molecule has 0 saturated carbocycles. The summed E-state index contributed by atoms with van der Waals surface area (Å²) in [6.45, 7) is 0.179. The molecule has 0 unspecified atom stereocenters. The van der Waals surface area contributed by atoms with Crippen molar-refractivity contribution in [3.05, 3.63) is 10.4 Å². The molecule has 1 aliphatic heterocycles. The predicted octanol–water partition coefficient (Wildman–Crippen LogP) is 0.0439. The molecule has 1 aliphatic rings. The zero-order valence-corrected chi connectivity index (χ0v) is 8.03. The highest BCUT2D eigenvalue weighted by Gasteiger charge is 2.39. The van der Waals surface area contributed by atoms with Gasteiger partial charge in [-0.05, 0) is 5.53 Å². The molecule has 0 amide bonds. The van der Waals surface area contributed by atoms with Crippen molar-refractivity contribution < 1.29 is 19.3 Å². The van der Waals surface area contributed by atoms with Gasteiger partial charge in [0.25, 0.3) is 0 Å². The summed E-state index contributed by atoms with van der Waals surface area (Å²) in [6.07, 6.45) is -2.27. The van der Waals surface area contributed by atoms with Crippen molar-refractivity contribution in [3.63, 3.8) is 0 Å². The first kappa shape index (κ1) is 11.2. The quantitative estimate of drug-likeness (QED) is 0.398. The molecule has 4 atom stereocenters. The highest BCUT2D eigenvalue weighted by molar-refractivity contribution is 4.88. The molecule has 0 spiro atoms. The van der Waals surface area contributed by atoms with Crippen LogP contribution in [0.4, 0.5) is 0 Å². The molecule has 1 rings (SSSR count). The number of aliphatic hydroxyl groups is 1. The van der Waals surface area contributed by atoms with Crippen LogP contribution in [-0.4, -0.2) is 50.5 Å². The van der Waals surface area contributed by atoms with Gasteiger partial charge >= 0.3 is 0 Å². The second kappa shape index (κ2) is 5.14. The molecule has 7 heteroatoms. The molecule has 14 heavy (non-hydrogen) atoms. The molecule has 0 aromatic carbocycles. The summed E-state index contributed by atoms with van der Waals surface area (Å²) in [7, 11) is 2.86. The molecule has 0 aliphatic carbocycles. The molecule has 0 bridgehead atoms. The van der Waals surface area contributed by atoms with Gasteiger partial charge in [0.05, 0.1) is 18.8 Å². The van der Waals surface area contributed by atoms with Gasteiger partial charge in [0.2, 0.25) is 0 Å². The average Bonchev–Trinajstić information content (AvgIpc) is 2.19. The number of ether oxygens (including phenoxy) is 3. The van der Waals surface area contributed by atoms with E-state index in [9.17, 15) is 5.11 Å². The van der Waals surface area contributed by atoms with Crippen molar-refractivity contribution in [2.75, 3.05) is 20.8 Å². The van der Waals surface area contributed by atoms with E-state index in [4.69, 9.17) is 19.7 Å². The van der Waals surface area contributed by atoms with Crippen molar-refractivity contribution >= 4 is 0 Å². The number of azide groups is 1. The molecular formula is C7H13N3O4. The Labute approximate surface area is 81.2 Å². The summed E-state index contributed by atoms with van der Waals surface area (Å²) in [4.78, 5) is 2.66. The Morgan fingerprint density at radius 1 is 1.50 bits per heavy atom. The third kappa shape index (κ3) is 2.14. The van der Waals surface area contributed by atoms with Crippen molar-refractivity contribution in [2.45, 2.75) is 24.5 Å². The maximum absolute atomic E-state index is 9.67. The van der Waals surface area contributed by atoms with Gasteiger partial charge in [-0.2, -0.15) is 0 Å². The van der Waals surface area contributed by atoms with E-state index in [0.717, 1.165) is 0 Å². The van der Waals surface area contributed by atoms with E-state index in [1.54, 1.807) is 0 Å². The number of aliphatic hydroxyl groups excluding tert-OH is 1. The van der Waals surface area contributed by atoms with E-state index in [-0.39, 0.29) is 6.61 Å². The van der Waals surface area contributed by atoms with E-state index < -0.39 is 24.5 Å². The minimum absolute atomic E-state index is 0.179. The molecule has 1 N–H and O–H groups in total. The predicted molar refractivity (Wildman–Crippen MR) is 46.5 cm³/mol. The highest BCUT2D eigenvalue weighted by atomic mass is 16.7. The Morgan fingerprint density at radius 2 is 2.21 bits per heavy atom. The smallest absolute Gasteiger partial charge is 0.185 e. The highest BCUT2D eigenvalue weighted by Crippen LogP contribution is 2.20. The van der Waals surface area contributed by atoms with Gasteiger partial charge in [0.15, 0.2) is 6.29 Å². The first-order valence-electron chi connectivity index (χ1n) is 4.14. The van der Waals surface area contributed by atoms with Gasteiger partial charge in [-0.15, -0.1) is 0 Å². The van der Waals surface area contributed by atoms with Gasteiger partial charge in [-0.25, -0.2) is 0 Å². The van der Waals surface area contributed by atoms with Crippen molar-refractivity contribution in [3.8, 4) is 0 Å². The first-order valence-corrected chi connectivity index (χ1v) is 4.14. The molecule has 1 saturated heterocycles. The van der Waals surface area contributed by atoms with E-state index in [1.807, 2.05) is 0 Å². The summed E-state index contributed by atoms with van der Waals surface area (Å²) in [6, 6.07) is -0.522. The van der Waals surface area contributed by atoms with Crippen LogP contribution in [0.15, 0.2) is 5.11 Å². The third-order valence-corrected chi connectivity index (χ3v) is 2.13. The maximum Gasteiger partial charge on any atom is 0.185 e. The number of nitrogens with zero attached hydrogens (tertiary/aromatic N) is 3.